The Morgan fingerprint density at radius 1 is 0.615 bits per heavy atom. The van der Waals surface area contributed by atoms with E-state index in [9.17, 15) is 14.4 Å². The lowest BCUT2D eigenvalue weighted by atomic mass is 10.1. The first kappa shape index (κ1) is 18.9. The van der Waals surface area contributed by atoms with Crippen molar-refractivity contribution < 1.29 is 28.6 Å². The first-order valence-corrected chi connectivity index (χ1v) is 7.80. The highest BCUT2D eigenvalue weighted by Gasteiger charge is 2.06. The van der Waals surface area contributed by atoms with Crippen molar-refractivity contribution in [1.82, 2.24) is 0 Å². The van der Waals surface area contributed by atoms with Crippen LogP contribution in [0.15, 0.2) is 42.5 Å². The van der Waals surface area contributed by atoms with Gasteiger partial charge in [0.25, 0.3) is 0 Å². The second-order valence-corrected chi connectivity index (χ2v) is 5.42. The van der Waals surface area contributed by atoms with Gasteiger partial charge >= 0.3 is 17.9 Å². The average molecular weight is 354 g/mol. The molecule has 0 heterocycles. The van der Waals surface area contributed by atoms with Gasteiger partial charge in [-0.2, -0.15) is 0 Å². The molecule has 0 spiro atoms. The van der Waals surface area contributed by atoms with Crippen molar-refractivity contribution in [3.8, 4) is 17.2 Å². The molecule has 0 atom stereocenters. The lowest BCUT2D eigenvalue weighted by molar-refractivity contribution is -0.133. The van der Waals surface area contributed by atoms with E-state index in [-0.39, 0.29) is 17.5 Å². The molecule has 6 heteroatoms. The Hall–Kier alpha value is -3.41. The van der Waals surface area contributed by atoms with Gasteiger partial charge in [0.15, 0.2) is 0 Å². The topological polar surface area (TPSA) is 78.9 Å². The average Bonchev–Trinajstić information content (AvgIpc) is 2.52. The Labute approximate surface area is 151 Å². The minimum Gasteiger partial charge on any atom is -0.427 e. The van der Waals surface area contributed by atoms with E-state index < -0.39 is 11.9 Å². The number of benzene rings is 2. The molecule has 0 N–H and O–H groups in total. The third-order valence-electron chi connectivity index (χ3n) is 3.04. The standard InChI is InChI=1S/C20H18O6/c1-13(21)24-18-8-6-16(7-9-18)4-5-17-10-19(25-14(2)22)12-20(11-17)26-15(3)23/h4-12H,1-3H3. The van der Waals surface area contributed by atoms with Gasteiger partial charge in [0.2, 0.25) is 0 Å². The fourth-order valence-electron chi connectivity index (χ4n) is 2.15. The number of hydrogen-bond donors (Lipinski definition) is 0. The van der Waals surface area contributed by atoms with Crippen LogP contribution in [-0.4, -0.2) is 17.9 Å². The van der Waals surface area contributed by atoms with Gasteiger partial charge < -0.3 is 14.2 Å². The van der Waals surface area contributed by atoms with Crippen molar-refractivity contribution in [1.29, 1.82) is 0 Å². The quantitative estimate of drug-likeness (QED) is 0.463. The Kier molecular flexibility index (Phi) is 6.27. The van der Waals surface area contributed by atoms with Crippen LogP contribution < -0.4 is 14.2 Å². The maximum atomic E-state index is 11.2. The maximum absolute atomic E-state index is 11.2. The number of ether oxygens (including phenoxy) is 3. The number of carbonyl (C=O) groups excluding carboxylic acids is 3. The van der Waals surface area contributed by atoms with Crippen molar-refractivity contribution in [2.75, 3.05) is 0 Å². The van der Waals surface area contributed by atoms with Crippen LogP contribution in [0.5, 0.6) is 17.2 Å². The molecule has 0 radical (unpaired) electrons. The highest BCUT2D eigenvalue weighted by Crippen LogP contribution is 2.25. The molecule has 0 saturated carbocycles. The minimum atomic E-state index is -0.471. The van der Waals surface area contributed by atoms with Gasteiger partial charge in [-0.25, -0.2) is 0 Å². The molecule has 0 bridgehead atoms. The van der Waals surface area contributed by atoms with Gasteiger partial charge in [0, 0.05) is 26.8 Å². The van der Waals surface area contributed by atoms with Crippen LogP contribution in [0.1, 0.15) is 31.9 Å². The van der Waals surface area contributed by atoms with E-state index in [0.717, 1.165) is 5.56 Å². The zero-order valence-electron chi connectivity index (χ0n) is 14.6. The molecule has 2 aromatic carbocycles. The molecular formula is C20H18O6. The van der Waals surface area contributed by atoms with Crippen LogP contribution >= 0.6 is 0 Å². The smallest absolute Gasteiger partial charge is 0.308 e. The van der Waals surface area contributed by atoms with E-state index >= 15 is 0 Å². The largest absolute Gasteiger partial charge is 0.427 e. The molecule has 0 aliphatic rings. The fraction of sp³-hybridized carbons (Fsp3) is 0.150. The molecule has 134 valence electrons. The second kappa shape index (κ2) is 8.62. The SMILES string of the molecule is CC(=O)Oc1ccc(C=Cc2cc(OC(C)=O)cc(OC(C)=O)c2)cc1. The number of hydrogen-bond acceptors (Lipinski definition) is 6. The van der Waals surface area contributed by atoms with Crippen molar-refractivity contribution in [2.45, 2.75) is 20.8 Å². The normalized spacial score (nSPS) is 10.4. The number of esters is 3. The monoisotopic (exact) mass is 354 g/mol. The zero-order valence-corrected chi connectivity index (χ0v) is 14.6. The van der Waals surface area contributed by atoms with Crippen LogP contribution in [0.4, 0.5) is 0 Å². The summed E-state index contributed by atoms with van der Waals surface area (Å²) in [5, 5.41) is 0. The van der Waals surface area contributed by atoms with Crippen LogP contribution in [0.2, 0.25) is 0 Å². The van der Waals surface area contributed by atoms with Crippen molar-refractivity contribution in [3.63, 3.8) is 0 Å². The van der Waals surface area contributed by atoms with Crippen LogP contribution in [0, 0.1) is 0 Å². The Bertz CT molecular complexity index is 815. The molecule has 6 nitrogen and oxygen atoms in total. The molecule has 0 aliphatic heterocycles. The van der Waals surface area contributed by atoms with Gasteiger partial charge in [-0.3, -0.25) is 14.4 Å². The Morgan fingerprint density at radius 2 is 1.04 bits per heavy atom. The molecule has 2 rings (SSSR count). The molecule has 26 heavy (non-hydrogen) atoms. The van der Waals surface area contributed by atoms with E-state index in [1.165, 1.54) is 26.8 Å². The molecule has 0 saturated heterocycles. The van der Waals surface area contributed by atoms with E-state index in [1.54, 1.807) is 42.5 Å². The lowest BCUT2D eigenvalue weighted by Crippen LogP contribution is -2.04. The summed E-state index contributed by atoms with van der Waals surface area (Å²) in [6, 6.07) is 11.7. The summed E-state index contributed by atoms with van der Waals surface area (Å²) in [6.07, 6.45) is 3.60. The van der Waals surface area contributed by atoms with Gasteiger partial charge in [0.05, 0.1) is 0 Å². The maximum Gasteiger partial charge on any atom is 0.308 e. The predicted octanol–water partition coefficient (Wildman–Crippen LogP) is 3.63. The van der Waals surface area contributed by atoms with Gasteiger partial charge in [-0.15, -0.1) is 0 Å². The summed E-state index contributed by atoms with van der Waals surface area (Å²) in [5.74, 6) is -0.304. The third-order valence-corrected chi connectivity index (χ3v) is 3.04. The highest BCUT2D eigenvalue weighted by molar-refractivity contribution is 5.75. The van der Waals surface area contributed by atoms with Crippen molar-refractivity contribution in [2.24, 2.45) is 0 Å². The molecule has 0 aliphatic carbocycles. The highest BCUT2D eigenvalue weighted by atomic mass is 16.5. The Balaban J connectivity index is 2.23. The molecule has 0 aromatic heterocycles. The molecule has 0 fully saturated rings. The summed E-state index contributed by atoms with van der Waals surface area (Å²) in [6.45, 7) is 3.92. The molecule has 2 aromatic rings. The first-order chi connectivity index (χ1) is 12.3. The fourth-order valence-corrected chi connectivity index (χ4v) is 2.15. The van der Waals surface area contributed by atoms with E-state index in [0.29, 0.717) is 11.3 Å². The van der Waals surface area contributed by atoms with E-state index in [2.05, 4.69) is 0 Å². The lowest BCUT2D eigenvalue weighted by Gasteiger charge is -2.07. The van der Waals surface area contributed by atoms with Gasteiger partial charge in [-0.1, -0.05) is 24.3 Å². The van der Waals surface area contributed by atoms with E-state index in [4.69, 9.17) is 14.2 Å². The predicted molar refractivity (Wildman–Crippen MR) is 95.7 cm³/mol. The van der Waals surface area contributed by atoms with Crippen LogP contribution in [-0.2, 0) is 14.4 Å². The molecular weight excluding hydrogens is 336 g/mol. The van der Waals surface area contributed by atoms with Gasteiger partial charge in [0.1, 0.15) is 17.2 Å². The zero-order chi connectivity index (χ0) is 19.1. The summed E-state index contributed by atoms with van der Waals surface area (Å²) in [5.41, 5.74) is 1.55. The van der Waals surface area contributed by atoms with Crippen LogP contribution in [0.3, 0.4) is 0 Å². The third kappa shape index (κ3) is 6.24. The van der Waals surface area contributed by atoms with Crippen molar-refractivity contribution >= 4 is 30.1 Å². The van der Waals surface area contributed by atoms with Crippen molar-refractivity contribution in [3.05, 3.63) is 53.6 Å². The first-order valence-electron chi connectivity index (χ1n) is 7.80. The number of rotatable bonds is 5. The summed E-state index contributed by atoms with van der Waals surface area (Å²) < 4.78 is 15.1. The molecule has 0 unspecified atom stereocenters. The number of carbonyl (C=O) groups is 3. The minimum absolute atomic E-state index is 0.279. The molecule has 0 amide bonds. The van der Waals surface area contributed by atoms with Gasteiger partial charge in [-0.05, 0) is 35.4 Å². The summed E-state index contributed by atoms with van der Waals surface area (Å²) in [4.78, 5) is 33.2. The Morgan fingerprint density at radius 3 is 1.50 bits per heavy atom. The second-order valence-electron chi connectivity index (χ2n) is 5.42. The summed E-state index contributed by atoms with van der Waals surface area (Å²) >= 11 is 0. The summed E-state index contributed by atoms with van der Waals surface area (Å²) in [7, 11) is 0. The van der Waals surface area contributed by atoms with Crippen LogP contribution in [0.25, 0.3) is 12.2 Å². The van der Waals surface area contributed by atoms with E-state index in [1.807, 2.05) is 6.08 Å².